The number of para-hydroxylation sites is 3. The van der Waals surface area contributed by atoms with Gasteiger partial charge in [0.05, 0.1) is 17.8 Å². The van der Waals surface area contributed by atoms with Gasteiger partial charge in [0.1, 0.15) is 17.0 Å². The van der Waals surface area contributed by atoms with Gasteiger partial charge in [0, 0.05) is 5.56 Å². The third-order valence-electron chi connectivity index (χ3n) is 6.37. The Balaban J connectivity index is 1.29. The van der Waals surface area contributed by atoms with Crippen molar-refractivity contribution < 1.29 is 18.7 Å². The molecule has 1 atom stereocenters. The summed E-state index contributed by atoms with van der Waals surface area (Å²) in [5.41, 5.74) is 2.02. The Morgan fingerprint density at radius 3 is 2.54 bits per heavy atom. The Bertz CT molecular complexity index is 1810. The van der Waals surface area contributed by atoms with E-state index in [2.05, 4.69) is 10.1 Å². The van der Waals surface area contributed by atoms with Gasteiger partial charge in [-0.1, -0.05) is 53.8 Å². The Hall–Kier alpha value is -4.57. The van der Waals surface area contributed by atoms with Crippen LogP contribution in [0.4, 0.5) is 10.1 Å². The number of aromatic nitrogens is 3. The highest BCUT2D eigenvalue weighted by molar-refractivity contribution is 7.15. The lowest BCUT2D eigenvalue weighted by molar-refractivity contribution is -0.113. The molecule has 0 radical (unpaired) electrons. The van der Waals surface area contributed by atoms with E-state index in [-0.39, 0.29) is 29.4 Å². The summed E-state index contributed by atoms with van der Waals surface area (Å²) < 4.78 is 26.6. The minimum Gasteiger partial charge on any atom is -0.485 e. The standard InChI is InChI=1S/C27H17FN4O4S/c28-16-11-9-15(10-12-16)13-31-18-6-2-1-5-17(18)22(25(31)33)23-26(34)32-27(37-23)29-24(30-32)21-14-35-19-7-3-4-8-20(19)36-21/h1-12,21H,13-14H2/b23-22-. The zero-order chi connectivity index (χ0) is 25.1. The van der Waals surface area contributed by atoms with Gasteiger partial charge in [-0.15, -0.1) is 5.10 Å². The molecule has 5 aromatic rings. The van der Waals surface area contributed by atoms with E-state index >= 15 is 0 Å². The zero-order valence-corrected chi connectivity index (χ0v) is 19.9. The maximum absolute atomic E-state index is 13.6. The fraction of sp³-hybridized carbons (Fsp3) is 0.111. The number of carbonyl (C=O) groups excluding carboxylic acids is 1. The Morgan fingerprint density at radius 1 is 0.973 bits per heavy atom. The quantitative estimate of drug-likeness (QED) is 0.369. The number of halogens is 1. The highest BCUT2D eigenvalue weighted by Crippen LogP contribution is 2.37. The van der Waals surface area contributed by atoms with Gasteiger partial charge in [-0.2, -0.15) is 9.50 Å². The molecule has 2 aliphatic rings. The largest absolute Gasteiger partial charge is 0.485 e. The van der Waals surface area contributed by atoms with Crippen LogP contribution in [0.2, 0.25) is 0 Å². The average Bonchev–Trinajstić information content (AvgIpc) is 3.56. The van der Waals surface area contributed by atoms with Crippen LogP contribution in [0.15, 0.2) is 77.6 Å². The van der Waals surface area contributed by atoms with Gasteiger partial charge in [0.15, 0.2) is 23.4 Å². The van der Waals surface area contributed by atoms with Crippen LogP contribution in [0.25, 0.3) is 10.5 Å². The molecule has 0 saturated heterocycles. The molecular formula is C27H17FN4O4S. The number of thiazole rings is 1. The predicted molar refractivity (Wildman–Crippen MR) is 134 cm³/mol. The van der Waals surface area contributed by atoms with Gasteiger partial charge < -0.3 is 14.4 Å². The van der Waals surface area contributed by atoms with Crippen LogP contribution in [-0.2, 0) is 11.3 Å². The first-order valence-electron chi connectivity index (χ1n) is 11.5. The fourth-order valence-electron chi connectivity index (χ4n) is 4.61. The fourth-order valence-corrected chi connectivity index (χ4v) is 5.62. The molecule has 37 heavy (non-hydrogen) atoms. The van der Waals surface area contributed by atoms with Crippen molar-refractivity contribution in [1.29, 1.82) is 0 Å². The van der Waals surface area contributed by atoms with Crippen LogP contribution < -0.4 is 24.5 Å². The molecule has 2 aromatic heterocycles. The SMILES string of the molecule is O=C1/C(=c2\sc3nc(C4COc5ccccc5O4)nn3c2=O)c2ccccc2N1Cc1ccc(F)cc1. The first kappa shape index (κ1) is 21.7. The summed E-state index contributed by atoms with van der Waals surface area (Å²) >= 11 is 1.12. The average molecular weight is 513 g/mol. The van der Waals surface area contributed by atoms with Crippen LogP contribution in [0, 0.1) is 5.82 Å². The summed E-state index contributed by atoms with van der Waals surface area (Å²) in [6.45, 7) is 0.469. The van der Waals surface area contributed by atoms with E-state index in [1.54, 1.807) is 23.1 Å². The lowest BCUT2D eigenvalue weighted by Crippen LogP contribution is -2.32. The molecule has 1 unspecified atom stereocenters. The van der Waals surface area contributed by atoms with Crippen molar-refractivity contribution in [2.45, 2.75) is 12.6 Å². The molecule has 3 aromatic carbocycles. The molecule has 0 N–H and O–H groups in total. The van der Waals surface area contributed by atoms with Crippen molar-refractivity contribution >= 4 is 33.5 Å². The second-order valence-electron chi connectivity index (χ2n) is 8.67. The van der Waals surface area contributed by atoms with Gasteiger partial charge >= 0.3 is 0 Å². The van der Waals surface area contributed by atoms with Gasteiger partial charge in [0.2, 0.25) is 4.96 Å². The summed E-state index contributed by atoms with van der Waals surface area (Å²) in [7, 11) is 0. The number of nitrogens with zero attached hydrogens (tertiary/aromatic N) is 4. The van der Waals surface area contributed by atoms with E-state index in [0.29, 0.717) is 39.1 Å². The molecule has 4 heterocycles. The first-order valence-corrected chi connectivity index (χ1v) is 12.4. The molecule has 0 spiro atoms. The second kappa shape index (κ2) is 8.24. The van der Waals surface area contributed by atoms with Crippen molar-refractivity contribution in [3.05, 3.63) is 110 Å². The van der Waals surface area contributed by atoms with Crippen molar-refractivity contribution in [3.63, 3.8) is 0 Å². The van der Waals surface area contributed by atoms with Gasteiger partial charge in [0.25, 0.3) is 11.5 Å². The van der Waals surface area contributed by atoms with E-state index in [1.807, 2.05) is 42.5 Å². The van der Waals surface area contributed by atoms with Crippen LogP contribution in [0.1, 0.15) is 23.1 Å². The summed E-state index contributed by atoms with van der Waals surface area (Å²) in [6.07, 6.45) is -0.558. The number of amides is 1. The molecule has 0 aliphatic carbocycles. The number of rotatable bonds is 3. The zero-order valence-electron chi connectivity index (χ0n) is 19.1. The van der Waals surface area contributed by atoms with Gasteiger partial charge in [-0.3, -0.25) is 9.59 Å². The molecule has 182 valence electrons. The normalized spacial score (nSPS) is 17.9. The lowest BCUT2D eigenvalue weighted by atomic mass is 10.1. The lowest BCUT2D eigenvalue weighted by Gasteiger charge is -2.24. The van der Waals surface area contributed by atoms with Crippen molar-refractivity contribution in [2.24, 2.45) is 0 Å². The van der Waals surface area contributed by atoms with E-state index in [1.165, 1.54) is 16.6 Å². The molecule has 0 bridgehead atoms. The maximum Gasteiger partial charge on any atom is 0.291 e. The summed E-state index contributed by atoms with van der Waals surface area (Å²) in [5.74, 6) is 0.929. The Kier molecular flexibility index (Phi) is 4.83. The third-order valence-corrected chi connectivity index (χ3v) is 7.40. The summed E-state index contributed by atoms with van der Waals surface area (Å²) in [6, 6.07) is 20.6. The van der Waals surface area contributed by atoms with Crippen molar-refractivity contribution in [3.8, 4) is 11.5 Å². The third kappa shape index (κ3) is 3.48. The number of fused-ring (bicyclic) bond motifs is 3. The number of hydrogen-bond acceptors (Lipinski definition) is 7. The van der Waals surface area contributed by atoms with E-state index in [4.69, 9.17) is 9.47 Å². The Morgan fingerprint density at radius 2 is 1.73 bits per heavy atom. The smallest absolute Gasteiger partial charge is 0.291 e. The molecule has 8 nitrogen and oxygen atoms in total. The predicted octanol–water partition coefficient (Wildman–Crippen LogP) is 3.27. The van der Waals surface area contributed by atoms with Crippen LogP contribution in [0.5, 0.6) is 11.5 Å². The first-order chi connectivity index (χ1) is 18.1. The van der Waals surface area contributed by atoms with Crippen LogP contribution in [-0.4, -0.2) is 27.1 Å². The minimum absolute atomic E-state index is 0.220. The number of hydrogen-bond donors (Lipinski definition) is 0. The van der Waals surface area contributed by atoms with Gasteiger partial charge in [-0.25, -0.2) is 4.39 Å². The molecule has 10 heteroatoms. The van der Waals surface area contributed by atoms with Crippen LogP contribution >= 0.6 is 11.3 Å². The van der Waals surface area contributed by atoms with E-state index in [0.717, 1.165) is 16.9 Å². The summed E-state index contributed by atoms with van der Waals surface area (Å²) in [4.78, 5) is 33.5. The molecule has 0 saturated carbocycles. The molecule has 0 fully saturated rings. The number of carbonyl (C=O) groups is 1. The van der Waals surface area contributed by atoms with Crippen molar-refractivity contribution in [1.82, 2.24) is 14.6 Å². The van der Waals surface area contributed by atoms with Crippen molar-refractivity contribution in [2.75, 3.05) is 11.5 Å². The number of anilines is 1. The van der Waals surface area contributed by atoms with Crippen LogP contribution in [0.3, 0.4) is 0 Å². The number of ether oxygens (including phenoxy) is 2. The second-order valence-corrected chi connectivity index (χ2v) is 9.65. The maximum atomic E-state index is 13.6. The minimum atomic E-state index is -0.558. The van der Waals surface area contributed by atoms with E-state index < -0.39 is 11.7 Å². The highest BCUT2D eigenvalue weighted by atomic mass is 32.1. The Labute approximate surface area is 212 Å². The monoisotopic (exact) mass is 512 g/mol. The molecular weight excluding hydrogens is 495 g/mol. The highest BCUT2D eigenvalue weighted by Gasteiger charge is 2.35. The molecule has 1 amide bonds. The molecule has 2 aliphatic heterocycles. The summed E-state index contributed by atoms with van der Waals surface area (Å²) in [5, 5.41) is 4.40. The molecule has 7 rings (SSSR count). The van der Waals surface area contributed by atoms with E-state index in [9.17, 15) is 14.0 Å². The van der Waals surface area contributed by atoms with Gasteiger partial charge in [-0.05, 0) is 35.9 Å². The number of benzene rings is 3. The topological polar surface area (TPSA) is 86.0 Å².